The largest absolute Gasteiger partial charge is 0.371 e. The number of rotatable bonds is 5. The molecule has 0 aliphatic carbocycles. The van der Waals surface area contributed by atoms with Crippen LogP contribution in [0.4, 0.5) is 5.69 Å². The first-order chi connectivity index (χ1) is 8.29. The Morgan fingerprint density at radius 2 is 2.12 bits per heavy atom. The maximum Gasteiger partial charge on any atom is 0.0367 e. The van der Waals surface area contributed by atoms with Crippen LogP contribution in [0.1, 0.15) is 19.8 Å². The number of anilines is 1. The highest BCUT2D eigenvalue weighted by atomic mass is 127. The lowest BCUT2D eigenvalue weighted by Gasteiger charge is -2.19. The molecule has 1 aromatic rings. The van der Waals surface area contributed by atoms with Crippen molar-refractivity contribution in [1.29, 1.82) is 0 Å². The lowest BCUT2D eigenvalue weighted by molar-refractivity contribution is 0.516. The second-order valence-corrected chi connectivity index (χ2v) is 6.03. The quantitative estimate of drug-likeness (QED) is 0.652. The standard InChI is InChI=1S/C14H21IN2/c1-2-8-16-10-12-7-9-17(11-12)14-5-3-13(15)4-6-14/h3-6,12,16H,2,7-11H2,1H3. The van der Waals surface area contributed by atoms with E-state index in [1.807, 2.05) is 0 Å². The Balaban J connectivity index is 1.83. The van der Waals surface area contributed by atoms with Crippen LogP contribution >= 0.6 is 22.6 Å². The fraction of sp³-hybridized carbons (Fsp3) is 0.571. The summed E-state index contributed by atoms with van der Waals surface area (Å²) in [5, 5.41) is 3.53. The number of hydrogen-bond acceptors (Lipinski definition) is 2. The molecule has 1 aromatic carbocycles. The topological polar surface area (TPSA) is 15.3 Å². The van der Waals surface area contributed by atoms with Crippen LogP contribution in [0.3, 0.4) is 0 Å². The smallest absolute Gasteiger partial charge is 0.0367 e. The van der Waals surface area contributed by atoms with Crippen LogP contribution < -0.4 is 10.2 Å². The van der Waals surface area contributed by atoms with Crippen molar-refractivity contribution >= 4 is 28.3 Å². The fourth-order valence-corrected chi connectivity index (χ4v) is 2.73. The van der Waals surface area contributed by atoms with Crippen LogP contribution in [-0.4, -0.2) is 26.2 Å². The van der Waals surface area contributed by atoms with E-state index in [4.69, 9.17) is 0 Å². The first kappa shape index (κ1) is 13.1. The molecule has 2 nitrogen and oxygen atoms in total. The third-order valence-corrected chi connectivity index (χ3v) is 4.06. The van der Waals surface area contributed by atoms with Gasteiger partial charge in [-0.15, -0.1) is 0 Å². The van der Waals surface area contributed by atoms with Crippen LogP contribution in [0, 0.1) is 9.49 Å². The monoisotopic (exact) mass is 344 g/mol. The molecule has 94 valence electrons. The first-order valence-electron chi connectivity index (χ1n) is 6.51. The lowest BCUT2D eigenvalue weighted by Crippen LogP contribution is -2.26. The summed E-state index contributed by atoms with van der Waals surface area (Å²) >= 11 is 2.36. The van der Waals surface area contributed by atoms with E-state index in [0.29, 0.717) is 0 Å². The van der Waals surface area contributed by atoms with Gasteiger partial charge in [0, 0.05) is 22.3 Å². The van der Waals surface area contributed by atoms with Crippen LogP contribution in [0.5, 0.6) is 0 Å². The molecule has 17 heavy (non-hydrogen) atoms. The van der Waals surface area contributed by atoms with Crippen LogP contribution in [0.15, 0.2) is 24.3 Å². The van der Waals surface area contributed by atoms with Gasteiger partial charge in [-0.1, -0.05) is 6.92 Å². The van der Waals surface area contributed by atoms with Crippen LogP contribution in [0.2, 0.25) is 0 Å². The second-order valence-electron chi connectivity index (χ2n) is 4.78. The van der Waals surface area contributed by atoms with Crippen molar-refractivity contribution in [3.63, 3.8) is 0 Å². The summed E-state index contributed by atoms with van der Waals surface area (Å²) < 4.78 is 1.31. The Bertz CT molecular complexity index is 337. The zero-order valence-corrected chi connectivity index (χ0v) is 12.6. The van der Waals surface area contributed by atoms with Crippen molar-refractivity contribution in [2.75, 3.05) is 31.1 Å². The number of benzene rings is 1. The molecule has 1 N–H and O–H groups in total. The van der Waals surface area contributed by atoms with Gasteiger partial charge in [-0.3, -0.25) is 0 Å². The summed E-state index contributed by atoms with van der Waals surface area (Å²) in [6.07, 6.45) is 2.55. The predicted octanol–water partition coefficient (Wildman–Crippen LogP) is 3.12. The lowest BCUT2D eigenvalue weighted by atomic mass is 10.1. The average Bonchev–Trinajstić information content (AvgIpc) is 2.79. The van der Waals surface area contributed by atoms with Gasteiger partial charge < -0.3 is 10.2 Å². The van der Waals surface area contributed by atoms with E-state index < -0.39 is 0 Å². The van der Waals surface area contributed by atoms with E-state index in [9.17, 15) is 0 Å². The van der Waals surface area contributed by atoms with Gasteiger partial charge in [-0.25, -0.2) is 0 Å². The summed E-state index contributed by atoms with van der Waals surface area (Å²) in [5.41, 5.74) is 1.38. The Morgan fingerprint density at radius 3 is 2.82 bits per heavy atom. The number of halogens is 1. The van der Waals surface area contributed by atoms with Gasteiger partial charge in [0.2, 0.25) is 0 Å². The third-order valence-electron chi connectivity index (χ3n) is 3.34. The van der Waals surface area contributed by atoms with E-state index >= 15 is 0 Å². The van der Waals surface area contributed by atoms with Gasteiger partial charge in [0.05, 0.1) is 0 Å². The van der Waals surface area contributed by atoms with Gasteiger partial charge in [-0.05, 0) is 78.7 Å². The normalized spacial score (nSPS) is 19.9. The molecule has 1 saturated heterocycles. The summed E-state index contributed by atoms with van der Waals surface area (Å²) in [5.74, 6) is 0.820. The summed E-state index contributed by atoms with van der Waals surface area (Å²) in [4.78, 5) is 2.51. The highest BCUT2D eigenvalue weighted by Gasteiger charge is 2.21. The molecule has 3 heteroatoms. The second kappa shape index (κ2) is 6.59. The molecule has 1 atom stereocenters. The Hall–Kier alpha value is -0.290. The Labute approximate surface area is 118 Å². The average molecular weight is 344 g/mol. The summed E-state index contributed by atoms with van der Waals surface area (Å²) in [6, 6.07) is 8.87. The van der Waals surface area contributed by atoms with Gasteiger partial charge in [-0.2, -0.15) is 0 Å². The molecular weight excluding hydrogens is 323 g/mol. The molecule has 0 spiro atoms. The van der Waals surface area contributed by atoms with Crippen LogP contribution in [0.25, 0.3) is 0 Å². The number of nitrogens with one attached hydrogen (secondary N) is 1. The fourth-order valence-electron chi connectivity index (χ4n) is 2.37. The van der Waals surface area contributed by atoms with Gasteiger partial charge in [0.15, 0.2) is 0 Å². The maximum atomic E-state index is 3.53. The SMILES string of the molecule is CCCNCC1CCN(c2ccc(I)cc2)C1. The molecular formula is C14H21IN2. The van der Waals surface area contributed by atoms with Crippen molar-refractivity contribution in [3.8, 4) is 0 Å². The van der Waals surface area contributed by atoms with Crippen LogP contribution in [-0.2, 0) is 0 Å². The van der Waals surface area contributed by atoms with Crippen molar-refractivity contribution in [2.24, 2.45) is 5.92 Å². The highest BCUT2D eigenvalue weighted by molar-refractivity contribution is 14.1. The Kier molecular flexibility index (Phi) is 5.10. The number of hydrogen-bond donors (Lipinski definition) is 1. The van der Waals surface area contributed by atoms with Crippen molar-refractivity contribution < 1.29 is 0 Å². The molecule has 1 fully saturated rings. The predicted molar refractivity (Wildman–Crippen MR) is 82.6 cm³/mol. The molecule has 1 unspecified atom stereocenters. The molecule has 1 heterocycles. The highest BCUT2D eigenvalue weighted by Crippen LogP contribution is 2.24. The molecule has 0 radical (unpaired) electrons. The first-order valence-corrected chi connectivity index (χ1v) is 7.58. The van der Waals surface area contributed by atoms with E-state index in [-0.39, 0.29) is 0 Å². The van der Waals surface area contributed by atoms with Gasteiger partial charge >= 0.3 is 0 Å². The van der Waals surface area contributed by atoms with Gasteiger partial charge in [0.25, 0.3) is 0 Å². The molecule has 0 saturated carbocycles. The van der Waals surface area contributed by atoms with E-state index in [1.165, 1.54) is 41.7 Å². The molecule has 1 aliphatic heterocycles. The molecule has 0 aromatic heterocycles. The summed E-state index contributed by atoms with van der Waals surface area (Å²) in [6.45, 7) is 6.96. The molecule has 1 aliphatic rings. The van der Waals surface area contributed by atoms with Crippen molar-refractivity contribution in [2.45, 2.75) is 19.8 Å². The minimum atomic E-state index is 0.820. The van der Waals surface area contributed by atoms with E-state index in [2.05, 4.69) is 64.0 Å². The molecule has 0 bridgehead atoms. The zero-order valence-electron chi connectivity index (χ0n) is 10.5. The van der Waals surface area contributed by atoms with E-state index in [1.54, 1.807) is 0 Å². The maximum absolute atomic E-state index is 3.53. The van der Waals surface area contributed by atoms with Crippen molar-refractivity contribution in [3.05, 3.63) is 27.8 Å². The van der Waals surface area contributed by atoms with Gasteiger partial charge in [0.1, 0.15) is 0 Å². The third kappa shape index (κ3) is 3.85. The van der Waals surface area contributed by atoms with Crippen molar-refractivity contribution in [1.82, 2.24) is 5.32 Å². The number of nitrogens with zero attached hydrogens (tertiary/aromatic N) is 1. The minimum absolute atomic E-state index is 0.820. The summed E-state index contributed by atoms with van der Waals surface area (Å²) in [7, 11) is 0. The minimum Gasteiger partial charge on any atom is -0.371 e. The van der Waals surface area contributed by atoms with E-state index in [0.717, 1.165) is 12.5 Å². The zero-order chi connectivity index (χ0) is 12.1. The Morgan fingerprint density at radius 1 is 1.35 bits per heavy atom. The molecule has 2 rings (SSSR count). The molecule has 0 amide bonds.